The van der Waals surface area contributed by atoms with Crippen molar-refractivity contribution in [2.45, 2.75) is 6.42 Å². The summed E-state index contributed by atoms with van der Waals surface area (Å²) in [4.78, 5) is 13.7. The first-order chi connectivity index (χ1) is 8.69. The topological polar surface area (TPSA) is 44.1 Å². The minimum atomic E-state index is -0.584. The maximum Gasteiger partial charge on any atom is 0.240 e. The molecule has 96 valence electrons. The Hall–Kier alpha value is -1.47. The highest BCUT2D eigenvalue weighted by atomic mass is 32.2. The maximum atomic E-state index is 12.1. The predicted molar refractivity (Wildman–Crippen MR) is 75.3 cm³/mol. The van der Waals surface area contributed by atoms with Crippen molar-refractivity contribution in [3.8, 4) is 6.07 Å². The smallest absolute Gasteiger partial charge is 0.240 e. The maximum absolute atomic E-state index is 12.1. The fourth-order valence-corrected chi connectivity index (χ4v) is 2.10. The SMILES string of the molecule is CSCCN(C)C(=O)C(C#N)Cc1ccccc1. The van der Waals surface area contributed by atoms with E-state index in [1.165, 1.54) is 0 Å². The van der Waals surface area contributed by atoms with Gasteiger partial charge in [0.05, 0.1) is 6.07 Å². The van der Waals surface area contributed by atoms with Gasteiger partial charge in [0.1, 0.15) is 5.92 Å². The van der Waals surface area contributed by atoms with Gasteiger partial charge < -0.3 is 4.90 Å². The van der Waals surface area contributed by atoms with Gasteiger partial charge >= 0.3 is 0 Å². The first-order valence-electron chi connectivity index (χ1n) is 5.86. The van der Waals surface area contributed by atoms with Gasteiger partial charge in [-0.1, -0.05) is 30.3 Å². The van der Waals surface area contributed by atoms with E-state index in [0.29, 0.717) is 13.0 Å². The van der Waals surface area contributed by atoms with Crippen molar-refractivity contribution in [3.63, 3.8) is 0 Å². The van der Waals surface area contributed by atoms with Gasteiger partial charge in [-0.25, -0.2) is 0 Å². The lowest BCUT2D eigenvalue weighted by molar-refractivity contribution is -0.132. The summed E-state index contributed by atoms with van der Waals surface area (Å²) >= 11 is 1.69. The van der Waals surface area contributed by atoms with Crippen LogP contribution in [0.5, 0.6) is 0 Å². The molecule has 1 atom stereocenters. The fourth-order valence-electron chi connectivity index (χ4n) is 1.64. The summed E-state index contributed by atoms with van der Waals surface area (Å²) < 4.78 is 0. The molecule has 0 saturated carbocycles. The predicted octanol–water partition coefficient (Wildman–Crippen LogP) is 2.19. The number of thioether (sulfide) groups is 1. The van der Waals surface area contributed by atoms with Crippen LogP contribution >= 0.6 is 11.8 Å². The molecule has 0 aliphatic carbocycles. The second-order valence-electron chi connectivity index (χ2n) is 4.12. The first-order valence-corrected chi connectivity index (χ1v) is 7.26. The van der Waals surface area contributed by atoms with Crippen LogP contribution in [0.1, 0.15) is 5.56 Å². The van der Waals surface area contributed by atoms with E-state index >= 15 is 0 Å². The monoisotopic (exact) mass is 262 g/mol. The minimum Gasteiger partial charge on any atom is -0.344 e. The standard InChI is InChI=1S/C14H18N2OS/c1-16(8-9-18-2)14(17)13(11-15)10-12-6-4-3-5-7-12/h3-7,13H,8-10H2,1-2H3. The summed E-state index contributed by atoms with van der Waals surface area (Å²) in [6, 6.07) is 11.8. The molecule has 0 bridgehead atoms. The number of amides is 1. The zero-order valence-corrected chi connectivity index (χ0v) is 11.6. The summed E-state index contributed by atoms with van der Waals surface area (Å²) in [5.41, 5.74) is 1.02. The van der Waals surface area contributed by atoms with Crippen LogP contribution in [0.4, 0.5) is 0 Å². The molecule has 1 aromatic rings. The van der Waals surface area contributed by atoms with Crippen LogP contribution in [0.2, 0.25) is 0 Å². The summed E-state index contributed by atoms with van der Waals surface area (Å²) in [7, 11) is 1.76. The van der Waals surface area contributed by atoms with Gasteiger partial charge in [0.2, 0.25) is 5.91 Å². The normalized spacial score (nSPS) is 11.6. The fraction of sp³-hybridized carbons (Fsp3) is 0.429. The van der Waals surface area contributed by atoms with Crippen molar-refractivity contribution in [2.24, 2.45) is 5.92 Å². The van der Waals surface area contributed by atoms with Crippen LogP contribution < -0.4 is 0 Å². The molecule has 1 amide bonds. The molecule has 3 nitrogen and oxygen atoms in total. The number of nitrogens with zero attached hydrogens (tertiary/aromatic N) is 2. The average molecular weight is 262 g/mol. The van der Waals surface area contributed by atoms with Crippen molar-refractivity contribution < 1.29 is 4.79 Å². The minimum absolute atomic E-state index is 0.0876. The molecule has 0 spiro atoms. The van der Waals surface area contributed by atoms with Crippen molar-refractivity contribution >= 4 is 17.7 Å². The number of carbonyl (C=O) groups excluding carboxylic acids is 1. The summed E-state index contributed by atoms with van der Waals surface area (Å²) in [5, 5.41) is 9.13. The van der Waals surface area contributed by atoms with Gasteiger partial charge in [0.25, 0.3) is 0 Å². The molecule has 1 unspecified atom stereocenters. The van der Waals surface area contributed by atoms with Gasteiger partial charge in [-0.2, -0.15) is 17.0 Å². The van der Waals surface area contributed by atoms with Crippen LogP contribution in [0.25, 0.3) is 0 Å². The molecular formula is C14H18N2OS. The van der Waals surface area contributed by atoms with Crippen molar-refractivity contribution in [1.82, 2.24) is 4.90 Å². The molecule has 0 radical (unpaired) electrons. The third-order valence-corrected chi connectivity index (χ3v) is 3.33. The van der Waals surface area contributed by atoms with E-state index in [-0.39, 0.29) is 5.91 Å². The molecule has 1 aromatic carbocycles. The quantitative estimate of drug-likeness (QED) is 0.789. The second kappa shape index (κ2) is 7.78. The lowest BCUT2D eigenvalue weighted by Crippen LogP contribution is -2.34. The number of carbonyl (C=O) groups is 1. The number of benzene rings is 1. The Morgan fingerprint density at radius 3 is 2.67 bits per heavy atom. The first kappa shape index (κ1) is 14.6. The van der Waals surface area contributed by atoms with Gasteiger partial charge in [0, 0.05) is 19.3 Å². The van der Waals surface area contributed by atoms with E-state index in [4.69, 9.17) is 5.26 Å². The van der Waals surface area contributed by atoms with E-state index in [1.54, 1.807) is 23.7 Å². The third kappa shape index (κ3) is 4.42. The molecule has 1 rings (SSSR count). The highest BCUT2D eigenvalue weighted by molar-refractivity contribution is 7.98. The zero-order chi connectivity index (χ0) is 13.4. The van der Waals surface area contributed by atoms with E-state index in [9.17, 15) is 4.79 Å². The van der Waals surface area contributed by atoms with Gasteiger partial charge in [0.15, 0.2) is 0 Å². The molecule has 0 fully saturated rings. The Morgan fingerprint density at radius 1 is 1.44 bits per heavy atom. The van der Waals surface area contributed by atoms with E-state index < -0.39 is 5.92 Å². The van der Waals surface area contributed by atoms with E-state index in [0.717, 1.165) is 11.3 Å². The van der Waals surface area contributed by atoms with Crippen LogP contribution in [0.3, 0.4) is 0 Å². The molecule has 0 aromatic heterocycles. The molecule has 0 saturated heterocycles. The van der Waals surface area contributed by atoms with Crippen LogP contribution in [0, 0.1) is 17.2 Å². The van der Waals surface area contributed by atoms with Gasteiger partial charge in [-0.15, -0.1) is 0 Å². The summed E-state index contributed by atoms with van der Waals surface area (Å²) in [5.74, 6) is 0.223. The molecule has 0 heterocycles. The zero-order valence-electron chi connectivity index (χ0n) is 10.8. The largest absolute Gasteiger partial charge is 0.344 e. The van der Waals surface area contributed by atoms with Gasteiger partial charge in [-0.3, -0.25) is 4.79 Å². The summed E-state index contributed by atoms with van der Waals surface area (Å²) in [6.07, 6.45) is 2.49. The van der Waals surface area contributed by atoms with Crippen molar-refractivity contribution in [3.05, 3.63) is 35.9 Å². The summed E-state index contributed by atoms with van der Waals surface area (Å²) in [6.45, 7) is 0.687. The Morgan fingerprint density at radius 2 is 2.11 bits per heavy atom. The number of hydrogen-bond acceptors (Lipinski definition) is 3. The Kier molecular flexibility index (Phi) is 6.31. The molecule has 0 aliphatic heterocycles. The van der Waals surface area contributed by atoms with Gasteiger partial charge in [-0.05, 0) is 18.2 Å². The van der Waals surface area contributed by atoms with Crippen LogP contribution in [-0.4, -0.2) is 36.4 Å². The molecule has 0 aliphatic rings. The van der Waals surface area contributed by atoms with E-state index in [2.05, 4.69) is 6.07 Å². The Balaban J connectivity index is 2.61. The Labute approximate surface area is 113 Å². The van der Waals surface area contributed by atoms with Crippen molar-refractivity contribution in [2.75, 3.05) is 25.6 Å². The third-order valence-electron chi connectivity index (χ3n) is 2.74. The lowest BCUT2D eigenvalue weighted by Gasteiger charge is -2.19. The Bertz CT molecular complexity index is 414. The highest BCUT2D eigenvalue weighted by Crippen LogP contribution is 2.11. The lowest BCUT2D eigenvalue weighted by atomic mass is 9.99. The second-order valence-corrected chi connectivity index (χ2v) is 5.11. The van der Waals surface area contributed by atoms with Crippen molar-refractivity contribution in [1.29, 1.82) is 5.26 Å². The molecule has 0 N–H and O–H groups in total. The highest BCUT2D eigenvalue weighted by Gasteiger charge is 2.21. The number of nitriles is 1. The van der Waals surface area contributed by atoms with E-state index in [1.807, 2.05) is 36.6 Å². The molecular weight excluding hydrogens is 244 g/mol. The molecule has 4 heteroatoms. The van der Waals surface area contributed by atoms with Crippen LogP contribution in [0.15, 0.2) is 30.3 Å². The average Bonchev–Trinajstić information content (AvgIpc) is 2.42. The number of rotatable bonds is 6. The number of hydrogen-bond donors (Lipinski definition) is 0. The molecule has 18 heavy (non-hydrogen) atoms. The van der Waals surface area contributed by atoms with Crippen LogP contribution in [-0.2, 0) is 11.2 Å².